The number of hydrogen-bond acceptors (Lipinski definition) is 7. The molecule has 1 amide bonds. The molecule has 10 heteroatoms. The number of rotatable bonds is 7. The Morgan fingerprint density at radius 2 is 2.24 bits per heavy atom. The van der Waals surface area contributed by atoms with Crippen LogP contribution in [0.5, 0.6) is 0 Å². The van der Waals surface area contributed by atoms with Crippen LogP contribution >= 0.6 is 11.6 Å². The van der Waals surface area contributed by atoms with E-state index in [2.05, 4.69) is 15.3 Å². The Morgan fingerprint density at radius 3 is 2.76 bits per heavy atom. The number of nitrogens with one attached hydrogen (secondary N) is 1. The van der Waals surface area contributed by atoms with Crippen molar-refractivity contribution in [3.05, 3.63) is 21.6 Å². The molecule has 0 unspecified atom stereocenters. The first kappa shape index (κ1) is 17.1. The highest BCUT2D eigenvalue weighted by Gasteiger charge is 2.18. The topological polar surface area (TPSA) is 110 Å². The molecule has 1 heterocycles. The Hall–Kier alpha value is -2.00. The van der Waals surface area contributed by atoms with Crippen LogP contribution in [0, 0.1) is 10.1 Å². The summed E-state index contributed by atoms with van der Waals surface area (Å²) in [5, 5.41) is 14.5. The van der Waals surface area contributed by atoms with E-state index in [-0.39, 0.29) is 29.9 Å². The molecule has 0 saturated carbocycles. The number of nitro groups is 1. The number of hydrogen-bond donors (Lipinski definition) is 1. The molecule has 1 N–H and O–H groups in total. The molecular formula is C11H16ClN5O4. The fourth-order valence-corrected chi connectivity index (χ4v) is 1.51. The van der Waals surface area contributed by atoms with Gasteiger partial charge in [-0.2, -0.15) is 4.98 Å². The van der Waals surface area contributed by atoms with Crippen LogP contribution in [0.4, 0.5) is 11.5 Å². The minimum absolute atomic E-state index is 0.0124. The first-order valence-electron chi connectivity index (χ1n) is 6.05. The largest absolute Gasteiger partial charge is 0.362 e. The fraction of sp³-hybridized carbons (Fsp3) is 0.545. The molecule has 0 radical (unpaired) electrons. The van der Waals surface area contributed by atoms with Crippen LogP contribution in [-0.4, -0.2) is 45.1 Å². The van der Waals surface area contributed by atoms with Crippen molar-refractivity contribution >= 4 is 29.5 Å². The minimum atomic E-state index is -0.623. The first-order chi connectivity index (χ1) is 9.73. The predicted molar refractivity (Wildman–Crippen MR) is 75.8 cm³/mol. The Bertz CT molecular complexity index is 520. The number of carbonyl (C=O) groups is 1. The Morgan fingerprint density at radius 1 is 1.57 bits per heavy atom. The highest BCUT2D eigenvalue weighted by Crippen LogP contribution is 2.21. The molecule has 0 atom stereocenters. The van der Waals surface area contributed by atoms with Crippen LogP contribution in [0.1, 0.15) is 20.8 Å². The van der Waals surface area contributed by atoms with Crippen molar-refractivity contribution in [2.45, 2.75) is 26.4 Å². The number of anilines is 1. The van der Waals surface area contributed by atoms with E-state index < -0.39 is 10.5 Å². The quantitative estimate of drug-likeness (QED) is 0.352. The maximum absolute atomic E-state index is 10.9. The second-order valence-electron chi connectivity index (χ2n) is 5.01. The lowest BCUT2D eigenvalue weighted by atomic mass is 10.2. The maximum atomic E-state index is 10.9. The van der Waals surface area contributed by atoms with Gasteiger partial charge < -0.3 is 5.32 Å². The van der Waals surface area contributed by atoms with Gasteiger partial charge in [0.05, 0.1) is 17.1 Å². The van der Waals surface area contributed by atoms with E-state index in [1.54, 1.807) is 20.8 Å². The van der Waals surface area contributed by atoms with Crippen molar-refractivity contribution in [3.8, 4) is 0 Å². The number of carbonyl (C=O) groups excluding carboxylic acids is 1. The third kappa shape index (κ3) is 5.88. The molecule has 1 aromatic heterocycles. The van der Waals surface area contributed by atoms with E-state index in [9.17, 15) is 14.9 Å². The molecule has 1 aromatic rings. The highest BCUT2D eigenvalue weighted by molar-refractivity contribution is 6.28. The molecule has 0 aliphatic carbocycles. The predicted octanol–water partition coefficient (Wildman–Crippen LogP) is 1.64. The third-order valence-corrected chi connectivity index (χ3v) is 2.25. The van der Waals surface area contributed by atoms with Crippen molar-refractivity contribution in [3.63, 3.8) is 0 Å². The van der Waals surface area contributed by atoms with Gasteiger partial charge in [-0.15, -0.1) is 0 Å². The van der Waals surface area contributed by atoms with Crippen LogP contribution in [0.25, 0.3) is 0 Å². The van der Waals surface area contributed by atoms with Gasteiger partial charge in [0.25, 0.3) is 0 Å². The van der Waals surface area contributed by atoms with E-state index in [0.29, 0.717) is 6.41 Å². The Labute approximate surface area is 126 Å². The fourth-order valence-electron chi connectivity index (χ4n) is 1.37. The summed E-state index contributed by atoms with van der Waals surface area (Å²) >= 11 is 5.60. The van der Waals surface area contributed by atoms with E-state index >= 15 is 0 Å². The van der Waals surface area contributed by atoms with Crippen LogP contribution in [0.3, 0.4) is 0 Å². The van der Waals surface area contributed by atoms with Crippen LogP contribution in [-0.2, 0) is 9.63 Å². The van der Waals surface area contributed by atoms with Crippen LogP contribution in [0.15, 0.2) is 6.20 Å². The van der Waals surface area contributed by atoms with Gasteiger partial charge in [0.15, 0.2) is 0 Å². The van der Waals surface area contributed by atoms with Crippen LogP contribution in [0.2, 0.25) is 5.28 Å². The molecule has 0 fully saturated rings. The lowest BCUT2D eigenvalue weighted by Crippen LogP contribution is -2.36. The van der Waals surface area contributed by atoms with Gasteiger partial charge >= 0.3 is 5.69 Å². The summed E-state index contributed by atoms with van der Waals surface area (Å²) in [5.41, 5.74) is -0.820. The van der Waals surface area contributed by atoms with Gasteiger partial charge in [0.1, 0.15) is 6.20 Å². The van der Waals surface area contributed by atoms with Crippen molar-refractivity contribution in [1.82, 2.24) is 15.0 Å². The SMILES string of the molecule is CC(C)(C)ON(C=O)CCNc1nc(Cl)ncc1[N+](=O)[O-]. The van der Waals surface area contributed by atoms with E-state index in [1.807, 2.05) is 0 Å². The summed E-state index contributed by atoms with van der Waals surface area (Å²) in [4.78, 5) is 33.7. The second-order valence-corrected chi connectivity index (χ2v) is 5.34. The Balaban J connectivity index is 2.65. The maximum Gasteiger partial charge on any atom is 0.329 e. The van der Waals surface area contributed by atoms with Crippen molar-refractivity contribution < 1.29 is 14.6 Å². The molecule has 0 saturated heterocycles. The summed E-state index contributed by atoms with van der Waals surface area (Å²) < 4.78 is 0. The summed E-state index contributed by atoms with van der Waals surface area (Å²) in [5.74, 6) is -0.0124. The van der Waals surface area contributed by atoms with Crippen molar-refractivity contribution in [2.75, 3.05) is 18.4 Å². The molecule has 0 aliphatic rings. The Kier molecular flexibility index (Phi) is 5.79. The third-order valence-electron chi connectivity index (χ3n) is 2.07. The lowest BCUT2D eigenvalue weighted by molar-refractivity contribution is -0.384. The lowest BCUT2D eigenvalue weighted by Gasteiger charge is -2.26. The number of halogens is 1. The molecule has 1 rings (SSSR count). The van der Waals surface area contributed by atoms with Crippen LogP contribution < -0.4 is 5.32 Å². The number of hydroxylamine groups is 2. The van der Waals surface area contributed by atoms with Gasteiger partial charge in [-0.25, -0.2) is 10.0 Å². The van der Waals surface area contributed by atoms with Crippen molar-refractivity contribution in [2.24, 2.45) is 0 Å². The molecule has 9 nitrogen and oxygen atoms in total. The van der Waals surface area contributed by atoms with Gasteiger partial charge in [-0.1, -0.05) is 0 Å². The van der Waals surface area contributed by atoms with E-state index in [0.717, 1.165) is 11.3 Å². The number of nitrogens with zero attached hydrogens (tertiary/aromatic N) is 4. The summed E-state index contributed by atoms with van der Waals surface area (Å²) in [6, 6.07) is 0. The molecular weight excluding hydrogens is 302 g/mol. The summed E-state index contributed by atoms with van der Waals surface area (Å²) in [6.07, 6.45) is 1.55. The zero-order chi connectivity index (χ0) is 16.0. The molecule has 21 heavy (non-hydrogen) atoms. The molecule has 0 spiro atoms. The monoisotopic (exact) mass is 317 g/mol. The van der Waals surface area contributed by atoms with E-state index in [1.165, 1.54) is 0 Å². The highest BCUT2D eigenvalue weighted by atomic mass is 35.5. The average Bonchev–Trinajstić information content (AvgIpc) is 2.35. The van der Waals surface area contributed by atoms with E-state index in [4.69, 9.17) is 16.4 Å². The number of aromatic nitrogens is 2. The summed E-state index contributed by atoms with van der Waals surface area (Å²) in [6.45, 7) is 5.77. The average molecular weight is 318 g/mol. The second kappa shape index (κ2) is 7.14. The van der Waals surface area contributed by atoms with Gasteiger partial charge in [0.2, 0.25) is 17.5 Å². The molecule has 116 valence electrons. The normalized spacial score (nSPS) is 11.0. The number of amides is 1. The molecule has 0 bridgehead atoms. The zero-order valence-corrected chi connectivity index (χ0v) is 12.6. The standard InChI is InChI=1S/C11H16ClN5O4/c1-11(2,3)21-16(7-18)5-4-13-9-8(17(19)20)6-14-10(12)15-9/h6-7H,4-5H2,1-3H3,(H,13,14,15). The van der Waals surface area contributed by atoms with Gasteiger partial charge in [-0.3, -0.25) is 19.7 Å². The van der Waals surface area contributed by atoms with Gasteiger partial charge in [-0.05, 0) is 32.4 Å². The zero-order valence-electron chi connectivity index (χ0n) is 11.9. The van der Waals surface area contributed by atoms with Crippen molar-refractivity contribution in [1.29, 1.82) is 0 Å². The smallest absolute Gasteiger partial charge is 0.329 e. The molecule has 0 aliphatic heterocycles. The minimum Gasteiger partial charge on any atom is -0.362 e. The summed E-state index contributed by atoms with van der Waals surface area (Å²) in [7, 11) is 0. The van der Waals surface area contributed by atoms with Gasteiger partial charge in [0, 0.05) is 6.54 Å². The first-order valence-corrected chi connectivity index (χ1v) is 6.42. The molecule has 0 aromatic carbocycles.